The number of hydrogen-bond donors (Lipinski definition) is 3. The number of anilines is 1. The highest BCUT2D eigenvalue weighted by molar-refractivity contribution is 5.89. The van der Waals surface area contributed by atoms with Crippen LogP contribution in [0.3, 0.4) is 0 Å². The molecule has 0 radical (unpaired) electrons. The fourth-order valence-electron chi connectivity index (χ4n) is 2.45. The van der Waals surface area contributed by atoms with Crippen LogP contribution in [0, 0.1) is 0 Å². The smallest absolute Gasteiger partial charge is 0.292 e. The normalized spacial score (nSPS) is 10.8. The van der Waals surface area contributed by atoms with Gasteiger partial charge in [0.25, 0.3) is 5.56 Å². The number of amides is 1. The molecule has 0 unspecified atom stereocenters. The molecule has 8 nitrogen and oxygen atoms in total. The Kier molecular flexibility index (Phi) is 4.93. The largest absolute Gasteiger partial charge is 0.496 e. The third-order valence-corrected chi connectivity index (χ3v) is 3.56. The second kappa shape index (κ2) is 7.47. The highest BCUT2D eigenvalue weighted by Crippen LogP contribution is 2.33. The number of ether oxygens (including phenoxy) is 1. The lowest BCUT2D eigenvalue weighted by molar-refractivity contribution is -0.114. The molecule has 3 rings (SSSR count). The van der Waals surface area contributed by atoms with Gasteiger partial charge in [0, 0.05) is 18.2 Å². The summed E-state index contributed by atoms with van der Waals surface area (Å²) in [6.45, 7) is 1.42. The first kappa shape index (κ1) is 17.2. The first-order chi connectivity index (χ1) is 12.6. The summed E-state index contributed by atoms with van der Waals surface area (Å²) in [6, 6.07) is 14.1. The van der Waals surface area contributed by atoms with Gasteiger partial charge in [0.15, 0.2) is 5.69 Å². The molecule has 26 heavy (non-hydrogen) atoms. The van der Waals surface area contributed by atoms with E-state index in [0.29, 0.717) is 28.4 Å². The minimum absolute atomic E-state index is 0.138. The summed E-state index contributed by atoms with van der Waals surface area (Å²) in [6.07, 6.45) is 0. The van der Waals surface area contributed by atoms with E-state index in [1.165, 1.54) is 6.92 Å². The van der Waals surface area contributed by atoms with E-state index in [9.17, 15) is 9.59 Å². The molecule has 0 aliphatic heterocycles. The van der Waals surface area contributed by atoms with E-state index in [0.717, 1.165) is 0 Å². The molecule has 132 valence electrons. The molecular formula is C18H17N5O3. The van der Waals surface area contributed by atoms with Gasteiger partial charge < -0.3 is 10.1 Å². The standard InChI is InChI=1S/C18H17N5O3/c1-11(24)19-12-6-5-7-13(10-12)20-22-17-16(21-23-18(17)25)14-8-3-4-9-15(14)26-2/h3-10H,1-2H3,(H,19,24)(H2,21,23,25). The number of para-hydroxylation sites is 1. The van der Waals surface area contributed by atoms with Crippen molar-refractivity contribution < 1.29 is 9.53 Å². The summed E-state index contributed by atoms with van der Waals surface area (Å²) in [7, 11) is 1.55. The zero-order chi connectivity index (χ0) is 18.5. The Balaban J connectivity index is 1.96. The minimum Gasteiger partial charge on any atom is -0.496 e. The maximum absolute atomic E-state index is 12.1. The highest BCUT2D eigenvalue weighted by Gasteiger charge is 2.15. The number of hydrogen-bond acceptors (Lipinski definition) is 5. The Morgan fingerprint density at radius 3 is 2.65 bits per heavy atom. The van der Waals surface area contributed by atoms with Gasteiger partial charge in [0.05, 0.1) is 18.5 Å². The average Bonchev–Trinajstić information content (AvgIpc) is 3.00. The molecule has 0 saturated heterocycles. The summed E-state index contributed by atoms with van der Waals surface area (Å²) in [4.78, 5) is 23.3. The van der Waals surface area contributed by atoms with E-state index < -0.39 is 5.56 Å². The number of nitrogens with zero attached hydrogens (tertiary/aromatic N) is 2. The third kappa shape index (κ3) is 3.69. The molecule has 1 amide bonds. The number of azo groups is 1. The first-order valence-electron chi connectivity index (χ1n) is 7.82. The van der Waals surface area contributed by atoms with Gasteiger partial charge in [-0.15, -0.1) is 5.11 Å². The van der Waals surface area contributed by atoms with E-state index in [1.807, 2.05) is 18.2 Å². The fraction of sp³-hybridized carbons (Fsp3) is 0.111. The molecule has 3 aromatic rings. The van der Waals surface area contributed by atoms with Crippen LogP contribution in [0.15, 0.2) is 63.6 Å². The van der Waals surface area contributed by atoms with Crippen molar-refractivity contribution in [2.24, 2.45) is 10.2 Å². The zero-order valence-corrected chi connectivity index (χ0v) is 14.2. The second-order valence-corrected chi connectivity index (χ2v) is 5.43. The van der Waals surface area contributed by atoms with Gasteiger partial charge in [-0.05, 0) is 30.3 Å². The quantitative estimate of drug-likeness (QED) is 0.608. The van der Waals surface area contributed by atoms with Crippen LogP contribution in [0.2, 0.25) is 0 Å². The summed E-state index contributed by atoms with van der Waals surface area (Å²) < 4.78 is 5.33. The number of nitrogens with one attached hydrogen (secondary N) is 3. The van der Waals surface area contributed by atoms with Crippen molar-refractivity contribution in [2.75, 3.05) is 12.4 Å². The van der Waals surface area contributed by atoms with Crippen molar-refractivity contribution in [2.45, 2.75) is 6.92 Å². The Hall–Kier alpha value is -3.68. The van der Waals surface area contributed by atoms with Crippen LogP contribution in [0.1, 0.15) is 6.92 Å². The molecule has 0 spiro atoms. The average molecular weight is 351 g/mol. The number of H-pyrrole nitrogens is 2. The third-order valence-electron chi connectivity index (χ3n) is 3.56. The second-order valence-electron chi connectivity index (χ2n) is 5.43. The van der Waals surface area contributed by atoms with E-state index in [4.69, 9.17) is 4.74 Å². The molecule has 8 heteroatoms. The van der Waals surface area contributed by atoms with Gasteiger partial charge in [-0.3, -0.25) is 19.8 Å². The molecule has 0 atom stereocenters. The van der Waals surface area contributed by atoms with E-state index in [2.05, 4.69) is 25.7 Å². The molecule has 0 aliphatic rings. The Bertz CT molecular complexity index is 1020. The topological polar surface area (TPSA) is 112 Å². The maximum atomic E-state index is 12.1. The molecule has 1 aromatic heterocycles. The number of aromatic amines is 2. The van der Waals surface area contributed by atoms with Gasteiger partial charge in [-0.2, -0.15) is 5.11 Å². The molecule has 0 bridgehead atoms. The number of carbonyl (C=O) groups is 1. The van der Waals surface area contributed by atoms with E-state index in [-0.39, 0.29) is 11.6 Å². The van der Waals surface area contributed by atoms with Crippen LogP contribution in [-0.2, 0) is 4.79 Å². The zero-order valence-electron chi connectivity index (χ0n) is 14.2. The van der Waals surface area contributed by atoms with Crippen molar-refractivity contribution >= 4 is 23.0 Å². The Morgan fingerprint density at radius 2 is 1.88 bits per heavy atom. The summed E-state index contributed by atoms with van der Waals surface area (Å²) in [5, 5.41) is 16.2. The number of benzene rings is 2. The van der Waals surface area contributed by atoms with Gasteiger partial charge in [0.1, 0.15) is 5.75 Å². The molecule has 0 saturated carbocycles. The van der Waals surface area contributed by atoms with Crippen molar-refractivity contribution in [3.05, 3.63) is 58.9 Å². The predicted octanol–water partition coefficient (Wildman–Crippen LogP) is 3.75. The summed E-state index contributed by atoms with van der Waals surface area (Å²) >= 11 is 0. The fourth-order valence-corrected chi connectivity index (χ4v) is 2.45. The van der Waals surface area contributed by atoms with E-state index >= 15 is 0 Å². The highest BCUT2D eigenvalue weighted by atomic mass is 16.5. The molecule has 0 fully saturated rings. The SMILES string of the molecule is COc1ccccc1-c1[nH][nH]c(=O)c1N=Nc1cccc(NC(C)=O)c1. The van der Waals surface area contributed by atoms with E-state index in [1.54, 1.807) is 37.4 Å². The predicted molar refractivity (Wildman–Crippen MR) is 98.3 cm³/mol. The summed E-state index contributed by atoms with van der Waals surface area (Å²) in [5.41, 5.74) is 2.01. The van der Waals surface area contributed by atoms with Gasteiger partial charge in [-0.25, -0.2) is 0 Å². The monoisotopic (exact) mass is 351 g/mol. The summed E-state index contributed by atoms with van der Waals surface area (Å²) in [5.74, 6) is 0.423. The van der Waals surface area contributed by atoms with Crippen LogP contribution >= 0.6 is 0 Å². The Morgan fingerprint density at radius 1 is 1.08 bits per heavy atom. The number of aromatic nitrogens is 2. The van der Waals surface area contributed by atoms with Crippen molar-refractivity contribution in [1.82, 2.24) is 10.2 Å². The van der Waals surface area contributed by atoms with Crippen molar-refractivity contribution in [3.63, 3.8) is 0 Å². The molecule has 2 aromatic carbocycles. The molecule has 1 heterocycles. The Labute approximate surface area is 148 Å². The van der Waals surface area contributed by atoms with Gasteiger partial charge in [0.2, 0.25) is 5.91 Å². The lowest BCUT2D eigenvalue weighted by Gasteiger charge is -2.06. The number of rotatable bonds is 5. The lowest BCUT2D eigenvalue weighted by Crippen LogP contribution is -2.05. The van der Waals surface area contributed by atoms with Gasteiger partial charge >= 0.3 is 0 Å². The van der Waals surface area contributed by atoms with Crippen LogP contribution in [0.4, 0.5) is 17.1 Å². The van der Waals surface area contributed by atoms with Crippen LogP contribution in [0.25, 0.3) is 11.3 Å². The lowest BCUT2D eigenvalue weighted by atomic mass is 10.1. The molecule has 0 aliphatic carbocycles. The maximum Gasteiger partial charge on any atom is 0.292 e. The molecular weight excluding hydrogens is 334 g/mol. The van der Waals surface area contributed by atoms with Crippen LogP contribution in [-0.4, -0.2) is 23.2 Å². The number of carbonyl (C=O) groups excluding carboxylic acids is 1. The van der Waals surface area contributed by atoms with Crippen molar-refractivity contribution in [1.29, 1.82) is 0 Å². The van der Waals surface area contributed by atoms with Gasteiger partial charge in [-0.1, -0.05) is 18.2 Å². The van der Waals surface area contributed by atoms with Crippen molar-refractivity contribution in [3.8, 4) is 17.0 Å². The minimum atomic E-state index is -0.396. The first-order valence-corrected chi connectivity index (χ1v) is 7.82. The van der Waals surface area contributed by atoms with Crippen LogP contribution < -0.4 is 15.6 Å². The molecule has 3 N–H and O–H groups in total. The van der Waals surface area contributed by atoms with Crippen LogP contribution in [0.5, 0.6) is 5.75 Å². The number of methoxy groups -OCH3 is 1.